The van der Waals surface area contributed by atoms with Crippen LogP contribution < -0.4 is 0 Å². The summed E-state index contributed by atoms with van der Waals surface area (Å²) in [4.78, 5) is 0. The molecule has 140 heavy (non-hydrogen) atoms. The Labute approximate surface area is 883 Å². The lowest BCUT2D eigenvalue weighted by Gasteiger charge is -2.44. The van der Waals surface area contributed by atoms with Crippen LogP contribution in [0.5, 0.6) is 0 Å². The highest BCUT2D eigenvalue weighted by Crippen LogP contribution is 2.36. The molecular weight excluding hydrogens is 2240 g/mol. The van der Waals surface area contributed by atoms with E-state index in [-0.39, 0.29) is 52.9 Å². The molecule has 0 fully saturated rings. The monoisotopic (exact) mass is 2450 g/mol. The molecule has 4 unspecified atom stereocenters. The van der Waals surface area contributed by atoms with Crippen molar-refractivity contribution < 1.29 is 150 Å². The summed E-state index contributed by atoms with van der Waals surface area (Å²) in [5.41, 5.74) is 0. The Kier molecular flexibility index (Phi) is 65.4. The van der Waals surface area contributed by atoms with Crippen LogP contribution in [0.3, 0.4) is 0 Å². The van der Waals surface area contributed by atoms with Gasteiger partial charge in [-0.05, 0) is 416 Å². The van der Waals surface area contributed by atoms with Gasteiger partial charge in [0.2, 0.25) is 0 Å². The summed E-state index contributed by atoms with van der Waals surface area (Å²) in [5, 5.41) is 72.9. The van der Waals surface area contributed by atoms with Gasteiger partial charge in [-0.3, -0.25) is 0 Å². The first-order valence-electron chi connectivity index (χ1n) is 50.3. The second-order valence-electron chi connectivity index (χ2n) is 51.0. The molecule has 34 nitrogen and oxygen atoms in total. The zero-order valence-electron chi connectivity index (χ0n) is 99.6. The summed E-state index contributed by atoms with van der Waals surface area (Å²) in [7, 11) is -59.0. The summed E-state index contributed by atoms with van der Waals surface area (Å²) in [6, 6.07) is 3.71. The minimum absolute atomic E-state index is 0.145. The summed E-state index contributed by atoms with van der Waals surface area (Å²) in [5.74, 6) is 0. The highest BCUT2D eigenvalue weighted by atomic mass is 28.5. The fraction of sp³-hybridized carbons (Fsp3) is 1.00. The van der Waals surface area contributed by atoms with Gasteiger partial charge >= 0.3 is 154 Å². The van der Waals surface area contributed by atoms with Crippen LogP contribution in [-0.2, 0) is 109 Å². The molecule has 0 radical (unpaired) electrons. The van der Waals surface area contributed by atoms with E-state index in [1.165, 1.54) is 0 Å². The van der Waals surface area contributed by atoms with Crippen LogP contribution in [-0.4, -0.2) is 365 Å². The molecule has 0 heterocycles. The summed E-state index contributed by atoms with van der Waals surface area (Å²) in [6.07, 6.45) is 0.120. The third-order valence-corrected chi connectivity index (χ3v) is 113. The Morgan fingerprint density at radius 3 is 0.329 bits per heavy atom. The quantitative estimate of drug-likeness (QED) is 0.0207. The van der Waals surface area contributed by atoms with Crippen LogP contribution in [0, 0.1) is 0 Å². The molecule has 0 rings (SSSR count). The third kappa shape index (κ3) is 87.4. The minimum Gasteiger partial charge on any atom is -0.437 e. The standard InChI is InChI=1S/C23H64O10Si8.C21H58O9Si7.C19H52O8Si6.C17H46O7Si5/c1-34(2,3)27-36(6,7)29-38(10,11)31-40(14,15)33-41(16,17)32-39(12,13)30-37(8,9)28-35(4,5)20-18-19-26-22-23(25)21-24;1-31(2,3)25-33(6,7)27-35(10,11)29-37(14,15)30-36(12,13)28-34(8,9)26-32(4,5)18-16-17-24-20-21(23)19-22;1-28(2,3)23-30(6,7)25-32(10,11)27-33(12,13)26-31(8,9)24-29(4,5)16-14-15-22-18-19(21)17-20;1-25(2,3)21-27(6,7)23-29(10,11)24-28(8,9)22-26(4,5)14-12-13-20-16-17(19)15-18/h23-25H,18-22H2,1-17H3;21-23H,16-20H2,1-15H3;19-21H,14-18H2,1-13H3;17-19H,12-16H2,1-11H3. The van der Waals surface area contributed by atoms with Gasteiger partial charge in [0.05, 0.1) is 52.9 Å². The van der Waals surface area contributed by atoms with E-state index in [9.17, 15) is 20.4 Å². The maximum atomic E-state index is 9.42. The van der Waals surface area contributed by atoms with Crippen molar-refractivity contribution in [1.29, 1.82) is 0 Å². The van der Waals surface area contributed by atoms with Crippen molar-refractivity contribution in [2.75, 3.05) is 79.3 Å². The first kappa shape index (κ1) is 151. The zero-order chi connectivity index (χ0) is 112. The van der Waals surface area contributed by atoms with Crippen molar-refractivity contribution in [3.05, 3.63) is 0 Å². The first-order chi connectivity index (χ1) is 61.4. The number of hydrogen-bond acceptors (Lipinski definition) is 34. The lowest BCUT2D eigenvalue weighted by Crippen LogP contribution is -2.61. The van der Waals surface area contributed by atoms with Crippen molar-refractivity contribution in [2.45, 2.75) is 441 Å². The lowest BCUT2D eigenvalue weighted by atomic mass is 10.4. The van der Waals surface area contributed by atoms with Crippen molar-refractivity contribution >= 4 is 221 Å². The van der Waals surface area contributed by atoms with Crippen molar-refractivity contribution in [3.8, 4) is 0 Å². The van der Waals surface area contributed by atoms with Gasteiger partial charge in [0, 0.05) is 26.4 Å². The van der Waals surface area contributed by atoms with E-state index < -0.39 is 245 Å². The van der Waals surface area contributed by atoms with Crippen LogP contribution in [0.25, 0.3) is 0 Å². The number of ether oxygens (including phenoxy) is 4. The molecule has 0 aromatic carbocycles. The first-order valence-corrected chi connectivity index (χ1v) is 127. The van der Waals surface area contributed by atoms with Gasteiger partial charge in [0.25, 0.3) is 0 Å². The topological polar surface area (TPSA) is 402 Å². The number of rotatable bonds is 72. The second-order valence-corrected chi connectivity index (χ2v) is 152. The molecule has 0 aliphatic rings. The van der Waals surface area contributed by atoms with Crippen molar-refractivity contribution in [3.63, 3.8) is 0 Å². The van der Waals surface area contributed by atoms with E-state index in [1.807, 2.05) is 0 Å². The smallest absolute Gasteiger partial charge is 0.314 e. The number of hydrogen-bond donors (Lipinski definition) is 8. The Bertz CT molecular complexity index is 3380. The van der Waals surface area contributed by atoms with E-state index in [2.05, 4.69) is 367 Å². The van der Waals surface area contributed by atoms with Crippen LogP contribution in [0.2, 0.25) is 391 Å². The molecule has 0 amide bonds. The van der Waals surface area contributed by atoms with E-state index in [1.54, 1.807) is 0 Å². The molecule has 0 aliphatic carbocycles. The molecule has 8 N–H and O–H groups in total. The average Bonchev–Trinajstić information content (AvgIpc) is 0.830. The van der Waals surface area contributed by atoms with Gasteiger partial charge in [0.15, 0.2) is 66.5 Å². The number of aliphatic hydroxyl groups is 8. The molecule has 0 aliphatic heterocycles. The predicted molar refractivity (Wildman–Crippen MR) is 635 cm³/mol. The molecule has 0 saturated heterocycles. The summed E-state index contributed by atoms with van der Waals surface area (Å²) in [6.45, 7) is 120. The molecule has 60 heteroatoms. The molecular formula is C80H220O34Si26. The highest BCUT2D eigenvalue weighted by Gasteiger charge is 2.54. The van der Waals surface area contributed by atoms with Gasteiger partial charge in [0.1, 0.15) is 24.4 Å². The van der Waals surface area contributed by atoms with Gasteiger partial charge in [-0.25, -0.2) is 0 Å². The maximum Gasteiger partial charge on any atom is 0.314 e. The maximum absolute atomic E-state index is 9.42. The molecule has 0 saturated carbocycles. The van der Waals surface area contributed by atoms with Gasteiger partial charge in [-0.1, -0.05) is 0 Å². The Balaban J connectivity index is -0.000000887. The van der Waals surface area contributed by atoms with Gasteiger partial charge in [-0.2, -0.15) is 0 Å². The molecule has 0 spiro atoms. The predicted octanol–water partition coefficient (Wildman–Crippen LogP) is 20.1. The Morgan fingerprint density at radius 2 is 0.236 bits per heavy atom. The average molecular weight is 2460 g/mol. The largest absolute Gasteiger partial charge is 0.437 e. The SMILES string of the molecule is C[Si](C)(C)O[Si](C)(C)O[Si](C)(C)O[Si](C)(C)O[Si](C)(C)CCCOCC(O)CO.C[Si](C)(C)O[Si](C)(C)O[Si](C)(C)O[Si](C)(C)O[Si](C)(C)O[Si](C)(C)CCCOCC(O)CO.C[Si](C)(C)O[Si](C)(C)O[Si](C)(C)O[Si](C)(C)O[Si](C)(C)O[Si](C)(C)O[Si](C)(C)CCCOCC(O)CO.C[Si](C)(C)O[Si](C)(C)O[Si](C)(C)O[Si](C)(C)O[Si](C)(C)O[Si](C)(C)O[Si](C)(C)O[Si](C)(C)CCCOCC(O)CO. The normalized spacial score (nSPS) is 15.8. The van der Waals surface area contributed by atoms with E-state index >= 15 is 0 Å². The highest BCUT2D eigenvalue weighted by molar-refractivity contribution is 6.97. The Morgan fingerprint density at radius 1 is 0.143 bits per heavy atom. The molecule has 848 valence electrons. The lowest BCUT2D eigenvalue weighted by molar-refractivity contribution is 0.00638. The van der Waals surface area contributed by atoms with Crippen LogP contribution in [0.1, 0.15) is 25.7 Å². The minimum atomic E-state index is -2.62. The molecule has 4 atom stereocenters. The van der Waals surface area contributed by atoms with Crippen LogP contribution in [0.15, 0.2) is 0 Å². The van der Waals surface area contributed by atoms with Crippen LogP contribution >= 0.6 is 0 Å². The van der Waals surface area contributed by atoms with Crippen molar-refractivity contribution in [2.24, 2.45) is 0 Å². The van der Waals surface area contributed by atoms with E-state index in [0.717, 1.165) is 49.9 Å². The molecule has 0 bridgehead atoms. The molecule has 0 aromatic rings. The van der Waals surface area contributed by atoms with Crippen molar-refractivity contribution in [1.82, 2.24) is 0 Å². The second kappa shape index (κ2) is 60.9. The zero-order valence-corrected chi connectivity index (χ0v) is 126. The molecule has 0 aromatic heterocycles. The summed E-state index contributed by atoms with van der Waals surface area (Å²) < 4.78 is 166. The summed E-state index contributed by atoms with van der Waals surface area (Å²) >= 11 is 0. The van der Waals surface area contributed by atoms with Gasteiger partial charge in [-0.15, -0.1) is 0 Å². The number of aliphatic hydroxyl groups excluding tert-OH is 8. The van der Waals surface area contributed by atoms with E-state index in [4.69, 9.17) is 130 Å². The third-order valence-electron chi connectivity index (χ3n) is 17.5. The van der Waals surface area contributed by atoms with Crippen LogP contribution in [0.4, 0.5) is 0 Å². The fourth-order valence-corrected chi connectivity index (χ4v) is 145. The Hall–Kier alpha value is 4.28. The van der Waals surface area contributed by atoms with E-state index in [0.29, 0.717) is 26.4 Å². The van der Waals surface area contributed by atoms with Gasteiger partial charge < -0.3 is 150 Å². The fourth-order valence-electron chi connectivity index (χ4n) is 18.0.